The molecule has 16 heavy (non-hydrogen) atoms. The van der Waals surface area contributed by atoms with Crippen LogP contribution in [0.3, 0.4) is 0 Å². The second-order valence-electron chi connectivity index (χ2n) is 4.06. The van der Waals surface area contributed by atoms with E-state index in [1.165, 1.54) is 5.56 Å². The molecule has 1 aliphatic heterocycles. The molecule has 0 atom stereocenters. The van der Waals surface area contributed by atoms with E-state index in [9.17, 15) is 0 Å². The zero-order chi connectivity index (χ0) is 11.5. The zero-order valence-corrected chi connectivity index (χ0v) is 10.8. The Morgan fingerprint density at radius 1 is 1.25 bits per heavy atom. The molecular formula is C12H15Cl2NO. The quantitative estimate of drug-likeness (QED) is 0.810. The van der Waals surface area contributed by atoms with Crippen LogP contribution in [0, 0.1) is 6.92 Å². The van der Waals surface area contributed by atoms with Gasteiger partial charge < -0.3 is 4.74 Å². The van der Waals surface area contributed by atoms with Gasteiger partial charge in [-0.1, -0.05) is 23.2 Å². The predicted molar refractivity (Wildman–Crippen MR) is 67.3 cm³/mol. The van der Waals surface area contributed by atoms with E-state index in [1.54, 1.807) is 6.07 Å². The molecule has 0 aromatic heterocycles. The first-order valence-corrected chi connectivity index (χ1v) is 6.17. The second kappa shape index (κ2) is 5.37. The van der Waals surface area contributed by atoms with Crippen LogP contribution in [-0.2, 0) is 11.3 Å². The van der Waals surface area contributed by atoms with E-state index in [2.05, 4.69) is 4.90 Å². The average molecular weight is 260 g/mol. The van der Waals surface area contributed by atoms with Crippen LogP contribution < -0.4 is 0 Å². The fraction of sp³-hybridized carbons (Fsp3) is 0.500. The van der Waals surface area contributed by atoms with Gasteiger partial charge in [0, 0.05) is 29.7 Å². The van der Waals surface area contributed by atoms with E-state index >= 15 is 0 Å². The Bertz CT molecular complexity index is 376. The van der Waals surface area contributed by atoms with Crippen molar-refractivity contribution >= 4 is 23.2 Å². The third kappa shape index (κ3) is 2.89. The zero-order valence-electron chi connectivity index (χ0n) is 9.30. The summed E-state index contributed by atoms with van der Waals surface area (Å²) in [5.41, 5.74) is 2.33. The maximum atomic E-state index is 6.11. The molecule has 1 aromatic rings. The highest BCUT2D eigenvalue weighted by molar-refractivity contribution is 6.35. The minimum Gasteiger partial charge on any atom is -0.379 e. The summed E-state index contributed by atoms with van der Waals surface area (Å²) in [6, 6.07) is 3.79. The van der Waals surface area contributed by atoms with Gasteiger partial charge in [-0.25, -0.2) is 0 Å². The van der Waals surface area contributed by atoms with Gasteiger partial charge in [0.05, 0.1) is 13.2 Å². The fourth-order valence-electron chi connectivity index (χ4n) is 1.86. The summed E-state index contributed by atoms with van der Waals surface area (Å²) in [7, 11) is 0. The monoisotopic (exact) mass is 259 g/mol. The maximum absolute atomic E-state index is 6.11. The molecule has 2 nitrogen and oxygen atoms in total. The first-order valence-electron chi connectivity index (χ1n) is 5.41. The predicted octanol–water partition coefficient (Wildman–Crippen LogP) is 3.13. The Kier molecular flexibility index (Phi) is 4.09. The first-order chi connectivity index (χ1) is 7.66. The maximum Gasteiger partial charge on any atom is 0.0594 e. The van der Waals surface area contributed by atoms with Gasteiger partial charge in [-0.05, 0) is 30.2 Å². The molecule has 2 rings (SSSR count). The van der Waals surface area contributed by atoms with Gasteiger partial charge in [-0.2, -0.15) is 0 Å². The molecule has 1 fully saturated rings. The van der Waals surface area contributed by atoms with Crippen LogP contribution in [0.15, 0.2) is 12.1 Å². The van der Waals surface area contributed by atoms with Gasteiger partial charge >= 0.3 is 0 Å². The standard InChI is InChI=1S/C12H15Cl2NO/c1-9-10(6-11(13)7-12(9)14)8-15-2-4-16-5-3-15/h6-7H,2-5,8H2,1H3. The molecule has 1 saturated heterocycles. The Hall–Kier alpha value is -0.280. The molecule has 0 N–H and O–H groups in total. The van der Waals surface area contributed by atoms with Crippen LogP contribution in [-0.4, -0.2) is 31.2 Å². The number of hydrogen-bond acceptors (Lipinski definition) is 2. The number of ether oxygens (including phenoxy) is 1. The van der Waals surface area contributed by atoms with E-state index in [4.69, 9.17) is 27.9 Å². The molecule has 1 aromatic carbocycles. The summed E-state index contributed by atoms with van der Waals surface area (Å²) in [6.07, 6.45) is 0. The summed E-state index contributed by atoms with van der Waals surface area (Å²) in [5, 5.41) is 1.45. The van der Waals surface area contributed by atoms with Crippen molar-refractivity contribution in [2.24, 2.45) is 0 Å². The minimum absolute atomic E-state index is 0.707. The highest BCUT2D eigenvalue weighted by Crippen LogP contribution is 2.25. The molecular weight excluding hydrogens is 245 g/mol. The van der Waals surface area contributed by atoms with Crippen LogP contribution in [0.4, 0.5) is 0 Å². The van der Waals surface area contributed by atoms with Gasteiger partial charge in [0.25, 0.3) is 0 Å². The number of halogens is 2. The van der Waals surface area contributed by atoms with Gasteiger partial charge in [0.15, 0.2) is 0 Å². The normalized spacial score (nSPS) is 17.7. The van der Waals surface area contributed by atoms with Gasteiger partial charge in [-0.3, -0.25) is 4.90 Å². The Morgan fingerprint density at radius 2 is 1.94 bits per heavy atom. The highest BCUT2D eigenvalue weighted by Gasteiger charge is 2.13. The lowest BCUT2D eigenvalue weighted by Gasteiger charge is -2.27. The minimum atomic E-state index is 0.707. The highest BCUT2D eigenvalue weighted by atomic mass is 35.5. The molecule has 4 heteroatoms. The van der Waals surface area contributed by atoms with Crippen molar-refractivity contribution in [2.75, 3.05) is 26.3 Å². The van der Waals surface area contributed by atoms with Crippen LogP contribution >= 0.6 is 23.2 Å². The van der Waals surface area contributed by atoms with Crippen molar-refractivity contribution in [1.82, 2.24) is 4.90 Å². The SMILES string of the molecule is Cc1c(Cl)cc(Cl)cc1CN1CCOCC1. The van der Waals surface area contributed by atoms with E-state index in [-0.39, 0.29) is 0 Å². The van der Waals surface area contributed by atoms with E-state index < -0.39 is 0 Å². The number of nitrogens with zero attached hydrogens (tertiary/aromatic N) is 1. The second-order valence-corrected chi connectivity index (χ2v) is 4.90. The van der Waals surface area contributed by atoms with Crippen molar-refractivity contribution in [1.29, 1.82) is 0 Å². The first kappa shape index (κ1) is 12.2. The molecule has 0 unspecified atom stereocenters. The van der Waals surface area contributed by atoms with Crippen molar-refractivity contribution in [3.05, 3.63) is 33.3 Å². The third-order valence-electron chi connectivity index (χ3n) is 2.91. The molecule has 0 amide bonds. The molecule has 88 valence electrons. The third-order valence-corrected chi connectivity index (χ3v) is 3.53. The van der Waals surface area contributed by atoms with Crippen molar-refractivity contribution in [3.8, 4) is 0 Å². The molecule has 1 heterocycles. The average Bonchev–Trinajstić information content (AvgIpc) is 2.27. The molecule has 0 spiro atoms. The molecule has 1 aliphatic rings. The summed E-state index contributed by atoms with van der Waals surface area (Å²) in [6.45, 7) is 6.51. The van der Waals surface area contributed by atoms with E-state index in [0.29, 0.717) is 5.02 Å². The smallest absolute Gasteiger partial charge is 0.0594 e. The Morgan fingerprint density at radius 3 is 2.62 bits per heavy atom. The van der Waals surface area contributed by atoms with E-state index in [0.717, 1.165) is 43.4 Å². The van der Waals surface area contributed by atoms with E-state index in [1.807, 2.05) is 13.0 Å². The summed E-state index contributed by atoms with van der Waals surface area (Å²) in [4.78, 5) is 2.36. The fourth-order valence-corrected chi connectivity index (χ4v) is 2.40. The lowest BCUT2D eigenvalue weighted by Crippen LogP contribution is -2.35. The van der Waals surface area contributed by atoms with Gasteiger partial charge in [0.1, 0.15) is 0 Å². The summed E-state index contributed by atoms with van der Waals surface area (Å²) in [5.74, 6) is 0. The summed E-state index contributed by atoms with van der Waals surface area (Å²) >= 11 is 12.1. The number of rotatable bonds is 2. The van der Waals surface area contributed by atoms with Crippen molar-refractivity contribution in [2.45, 2.75) is 13.5 Å². The van der Waals surface area contributed by atoms with Crippen molar-refractivity contribution < 1.29 is 4.74 Å². The van der Waals surface area contributed by atoms with Crippen LogP contribution in [0.25, 0.3) is 0 Å². The van der Waals surface area contributed by atoms with Crippen LogP contribution in [0.1, 0.15) is 11.1 Å². The summed E-state index contributed by atoms with van der Waals surface area (Å²) < 4.78 is 5.32. The number of morpholine rings is 1. The van der Waals surface area contributed by atoms with Crippen molar-refractivity contribution in [3.63, 3.8) is 0 Å². The Labute approximate surface area is 106 Å². The molecule has 0 bridgehead atoms. The number of hydrogen-bond donors (Lipinski definition) is 0. The Balaban J connectivity index is 2.13. The van der Waals surface area contributed by atoms with Gasteiger partial charge in [-0.15, -0.1) is 0 Å². The lowest BCUT2D eigenvalue weighted by atomic mass is 10.1. The van der Waals surface area contributed by atoms with Gasteiger partial charge in [0.2, 0.25) is 0 Å². The molecule has 0 radical (unpaired) electrons. The lowest BCUT2D eigenvalue weighted by molar-refractivity contribution is 0.0341. The molecule has 0 saturated carbocycles. The largest absolute Gasteiger partial charge is 0.379 e. The topological polar surface area (TPSA) is 12.5 Å². The van der Waals surface area contributed by atoms with Crippen LogP contribution in [0.2, 0.25) is 10.0 Å². The van der Waals surface area contributed by atoms with Crippen LogP contribution in [0.5, 0.6) is 0 Å². The number of benzene rings is 1. The molecule has 0 aliphatic carbocycles.